The number of hydrogen-bond acceptors (Lipinski definition) is 6. The van der Waals surface area contributed by atoms with Crippen LogP contribution in [0.2, 0.25) is 0 Å². The molecule has 6 heteroatoms. The summed E-state index contributed by atoms with van der Waals surface area (Å²) in [5, 5.41) is 12.8. The van der Waals surface area contributed by atoms with Crippen molar-refractivity contribution in [3.63, 3.8) is 0 Å². The number of nitrogens with zero attached hydrogens (tertiary/aromatic N) is 4. The quantitative estimate of drug-likeness (QED) is 0.873. The van der Waals surface area contributed by atoms with E-state index in [9.17, 15) is 0 Å². The zero-order valence-corrected chi connectivity index (χ0v) is 9.79. The molecule has 0 spiro atoms. The summed E-state index contributed by atoms with van der Waals surface area (Å²) in [6, 6.07) is 2.01. The van der Waals surface area contributed by atoms with Gasteiger partial charge in [-0.15, -0.1) is 11.3 Å². The van der Waals surface area contributed by atoms with Gasteiger partial charge in [-0.25, -0.2) is 15.0 Å². The van der Waals surface area contributed by atoms with Crippen LogP contribution < -0.4 is 5.32 Å². The van der Waals surface area contributed by atoms with Crippen molar-refractivity contribution in [3.05, 3.63) is 28.7 Å². The van der Waals surface area contributed by atoms with Crippen LogP contribution in [0.25, 0.3) is 0 Å². The van der Waals surface area contributed by atoms with Crippen molar-refractivity contribution in [2.45, 2.75) is 19.3 Å². The Balaban J connectivity index is 1.89. The molecule has 3 rings (SSSR count). The van der Waals surface area contributed by atoms with Crippen LogP contribution in [0.4, 0.5) is 10.9 Å². The summed E-state index contributed by atoms with van der Waals surface area (Å²) in [6.45, 7) is 0. The molecule has 1 aliphatic carbocycles. The van der Waals surface area contributed by atoms with Gasteiger partial charge in [0.05, 0.1) is 5.69 Å². The summed E-state index contributed by atoms with van der Waals surface area (Å²) < 4.78 is 0. The van der Waals surface area contributed by atoms with Crippen molar-refractivity contribution in [2.75, 3.05) is 5.32 Å². The van der Waals surface area contributed by atoms with Gasteiger partial charge in [0, 0.05) is 17.3 Å². The Bertz CT molecular complexity index is 577. The molecule has 0 fully saturated rings. The minimum atomic E-state index is 0.294. The second-order valence-electron chi connectivity index (χ2n) is 3.73. The van der Waals surface area contributed by atoms with E-state index in [1.165, 1.54) is 23.2 Å². The minimum absolute atomic E-state index is 0.294. The van der Waals surface area contributed by atoms with Gasteiger partial charge in [-0.3, -0.25) is 0 Å². The highest BCUT2D eigenvalue weighted by Gasteiger charge is 2.17. The van der Waals surface area contributed by atoms with Gasteiger partial charge in [0.15, 0.2) is 16.6 Å². The largest absolute Gasteiger partial charge is 0.314 e. The lowest BCUT2D eigenvalue weighted by molar-refractivity contribution is 0.900. The first kappa shape index (κ1) is 10.2. The molecule has 0 aromatic carbocycles. The van der Waals surface area contributed by atoms with E-state index < -0.39 is 0 Å². The molecule has 2 aromatic heterocycles. The molecule has 0 aliphatic heterocycles. The number of rotatable bonds is 2. The predicted molar refractivity (Wildman–Crippen MR) is 64.2 cm³/mol. The number of fused-ring (bicyclic) bond motifs is 1. The molecule has 0 bridgehead atoms. The SMILES string of the molecule is N#Cc1nccnc1Nc1nc2c(s1)CCC2. The van der Waals surface area contributed by atoms with E-state index in [1.54, 1.807) is 17.5 Å². The van der Waals surface area contributed by atoms with E-state index in [0.29, 0.717) is 11.5 Å². The molecule has 0 unspecified atom stereocenters. The van der Waals surface area contributed by atoms with Crippen molar-refractivity contribution in [3.8, 4) is 6.07 Å². The van der Waals surface area contributed by atoms with Gasteiger partial charge < -0.3 is 5.32 Å². The second kappa shape index (κ2) is 4.11. The third kappa shape index (κ3) is 1.85. The monoisotopic (exact) mass is 243 g/mol. The van der Waals surface area contributed by atoms with E-state index in [4.69, 9.17) is 5.26 Å². The van der Waals surface area contributed by atoms with Crippen molar-refractivity contribution in [2.24, 2.45) is 0 Å². The molecule has 5 nitrogen and oxygen atoms in total. The summed E-state index contributed by atoms with van der Waals surface area (Å²) in [6.07, 6.45) is 6.43. The molecule has 17 heavy (non-hydrogen) atoms. The Labute approximate surface area is 102 Å². The first-order valence-corrected chi connectivity index (χ1v) is 6.15. The van der Waals surface area contributed by atoms with Gasteiger partial charge in [0.1, 0.15) is 6.07 Å². The lowest BCUT2D eigenvalue weighted by Gasteiger charge is -2.01. The smallest absolute Gasteiger partial charge is 0.188 e. The van der Waals surface area contributed by atoms with Gasteiger partial charge in [0.2, 0.25) is 0 Å². The van der Waals surface area contributed by atoms with Crippen molar-refractivity contribution in [1.29, 1.82) is 5.26 Å². The number of nitriles is 1. The highest BCUT2D eigenvalue weighted by Crippen LogP contribution is 2.31. The van der Waals surface area contributed by atoms with E-state index in [-0.39, 0.29) is 0 Å². The summed E-state index contributed by atoms with van der Waals surface area (Å²) in [5.74, 6) is 0.474. The van der Waals surface area contributed by atoms with E-state index in [2.05, 4.69) is 20.3 Å². The maximum absolute atomic E-state index is 8.90. The van der Waals surface area contributed by atoms with E-state index in [1.807, 2.05) is 6.07 Å². The van der Waals surface area contributed by atoms with Crippen LogP contribution >= 0.6 is 11.3 Å². The molecule has 0 radical (unpaired) electrons. The van der Waals surface area contributed by atoms with Crippen LogP contribution in [-0.2, 0) is 12.8 Å². The van der Waals surface area contributed by atoms with Crippen molar-refractivity contribution >= 4 is 22.3 Å². The average Bonchev–Trinajstić information content (AvgIpc) is 2.90. The highest BCUT2D eigenvalue weighted by molar-refractivity contribution is 7.15. The molecule has 0 amide bonds. The van der Waals surface area contributed by atoms with Crippen LogP contribution in [0.3, 0.4) is 0 Å². The van der Waals surface area contributed by atoms with Gasteiger partial charge in [-0.05, 0) is 19.3 Å². The lowest BCUT2D eigenvalue weighted by Crippen LogP contribution is -1.98. The molecule has 1 N–H and O–H groups in total. The third-order valence-corrected chi connectivity index (χ3v) is 3.70. The van der Waals surface area contributed by atoms with Gasteiger partial charge >= 0.3 is 0 Å². The minimum Gasteiger partial charge on any atom is -0.314 e. The number of aromatic nitrogens is 3. The summed E-state index contributed by atoms with van der Waals surface area (Å²) in [7, 11) is 0. The van der Waals surface area contributed by atoms with Crippen molar-refractivity contribution < 1.29 is 0 Å². The second-order valence-corrected chi connectivity index (χ2v) is 4.82. The standard InChI is InChI=1S/C11H9N5S/c12-6-8-10(14-5-4-13-8)16-11-15-7-2-1-3-9(7)17-11/h4-5H,1-3H2,(H,14,15,16). The van der Waals surface area contributed by atoms with E-state index in [0.717, 1.165) is 18.0 Å². The van der Waals surface area contributed by atoms with Gasteiger partial charge in [0.25, 0.3) is 0 Å². The molecule has 0 atom stereocenters. The first-order chi connectivity index (χ1) is 8.36. The van der Waals surface area contributed by atoms with Crippen molar-refractivity contribution in [1.82, 2.24) is 15.0 Å². The topological polar surface area (TPSA) is 74.5 Å². The highest BCUT2D eigenvalue weighted by atomic mass is 32.1. The molecule has 2 aromatic rings. The van der Waals surface area contributed by atoms with Crippen LogP contribution in [0.15, 0.2) is 12.4 Å². The third-order valence-electron chi connectivity index (χ3n) is 2.63. The number of anilines is 2. The number of nitrogens with one attached hydrogen (secondary N) is 1. The zero-order chi connectivity index (χ0) is 11.7. The fourth-order valence-electron chi connectivity index (χ4n) is 1.86. The fourth-order valence-corrected chi connectivity index (χ4v) is 2.91. The zero-order valence-electron chi connectivity index (χ0n) is 8.97. The Hall–Kier alpha value is -2.00. The molecule has 0 saturated heterocycles. The normalized spacial score (nSPS) is 13.1. The summed E-state index contributed by atoms with van der Waals surface area (Å²) in [4.78, 5) is 13.9. The van der Waals surface area contributed by atoms with Gasteiger partial charge in [-0.2, -0.15) is 5.26 Å². The van der Waals surface area contributed by atoms with Crippen LogP contribution in [0.1, 0.15) is 22.7 Å². The molecular formula is C11H9N5S. The molecule has 2 heterocycles. The molecular weight excluding hydrogens is 234 g/mol. The molecule has 84 valence electrons. The maximum atomic E-state index is 8.90. The number of aryl methyl sites for hydroxylation is 2. The molecule has 0 saturated carbocycles. The predicted octanol–water partition coefficient (Wildman–Crippen LogP) is 2.04. The Morgan fingerprint density at radius 3 is 3.00 bits per heavy atom. The first-order valence-electron chi connectivity index (χ1n) is 5.33. The maximum Gasteiger partial charge on any atom is 0.188 e. The van der Waals surface area contributed by atoms with Crippen LogP contribution in [0.5, 0.6) is 0 Å². The molecule has 1 aliphatic rings. The average molecular weight is 243 g/mol. The summed E-state index contributed by atoms with van der Waals surface area (Å²) >= 11 is 1.64. The van der Waals surface area contributed by atoms with Crippen LogP contribution in [-0.4, -0.2) is 15.0 Å². The Morgan fingerprint density at radius 1 is 1.29 bits per heavy atom. The van der Waals surface area contributed by atoms with Gasteiger partial charge in [-0.1, -0.05) is 0 Å². The number of hydrogen-bond donors (Lipinski definition) is 1. The Morgan fingerprint density at radius 2 is 2.18 bits per heavy atom. The number of thiazole rings is 1. The van der Waals surface area contributed by atoms with E-state index >= 15 is 0 Å². The summed E-state index contributed by atoms with van der Waals surface area (Å²) in [5.41, 5.74) is 1.47. The van der Waals surface area contributed by atoms with Crippen LogP contribution in [0, 0.1) is 11.3 Å². The lowest BCUT2D eigenvalue weighted by atomic mass is 10.4. The Kier molecular flexibility index (Phi) is 2.46. The fraction of sp³-hybridized carbons (Fsp3) is 0.273.